The molecule has 2 heterocycles. The SMILES string of the molecule is c1ccc(Oc2ccc3c(c2)CC[C@@]32CC(Oc3cncnc3)=NO2)cc1. The molecule has 27 heavy (non-hydrogen) atoms. The van der Waals surface area contributed by atoms with Crippen LogP contribution in [-0.2, 0) is 16.9 Å². The van der Waals surface area contributed by atoms with Crippen molar-refractivity contribution in [2.75, 3.05) is 0 Å². The van der Waals surface area contributed by atoms with Gasteiger partial charge in [-0.15, -0.1) is 0 Å². The van der Waals surface area contributed by atoms with Crippen LogP contribution in [0.25, 0.3) is 0 Å². The summed E-state index contributed by atoms with van der Waals surface area (Å²) in [6, 6.07) is 15.9. The van der Waals surface area contributed by atoms with E-state index in [4.69, 9.17) is 14.3 Å². The number of rotatable bonds is 3. The number of ether oxygens (including phenoxy) is 2. The normalized spacial score (nSPS) is 20.1. The fraction of sp³-hybridized carbons (Fsp3) is 0.190. The zero-order valence-electron chi connectivity index (χ0n) is 14.5. The number of aryl methyl sites for hydroxylation is 1. The number of benzene rings is 2. The largest absolute Gasteiger partial charge is 0.457 e. The van der Waals surface area contributed by atoms with Crippen molar-refractivity contribution < 1.29 is 14.3 Å². The first-order valence-corrected chi connectivity index (χ1v) is 8.85. The molecule has 1 aliphatic carbocycles. The molecule has 2 aliphatic rings. The Hall–Kier alpha value is -3.41. The Morgan fingerprint density at radius 1 is 0.889 bits per heavy atom. The third kappa shape index (κ3) is 2.99. The number of para-hydroxylation sites is 1. The number of nitrogens with zero attached hydrogens (tertiary/aromatic N) is 3. The fourth-order valence-corrected chi connectivity index (χ4v) is 3.64. The predicted molar refractivity (Wildman–Crippen MR) is 98.8 cm³/mol. The Morgan fingerprint density at radius 3 is 2.59 bits per heavy atom. The lowest BCUT2D eigenvalue weighted by Crippen LogP contribution is -2.24. The zero-order chi connectivity index (χ0) is 18.1. The predicted octanol–water partition coefficient (Wildman–Crippen LogP) is 4.22. The standard InChI is InChI=1S/C21H17N3O3/c1-2-4-16(5-3-1)25-17-6-7-19-15(10-17)8-9-21(19)11-20(24-27-21)26-18-12-22-14-23-13-18/h1-7,10,12-14H,8-9,11H2/t21-/m1/s1. The number of aromatic nitrogens is 2. The third-order valence-corrected chi connectivity index (χ3v) is 4.88. The molecule has 3 aromatic rings. The molecule has 0 unspecified atom stereocenters. The molecule has 2 aromatic carbocycles. The number of hydrogen-bond donors (Lipinski definition) is 0. The second-order valence-corrected chi connectivity index (χ2v) is 6.66. The summed E-state index contributed by atoms with van der Waals surface area (Å²) < 4.78 is 11.7. The van der Waals surface area contributed by atoms with Crippen LogP contribution in [0.5, 0.6) is 17.2 Å². The smallest absolute Gasteiger partial charge is 0.235 e. The van der Waals surface area contributed by atoms with Crippen LogP contribution in [-0.4, -0.2) is 15.9 Å². The van der Waals surface area contributed by atoms with Gasteiger partial charge in [0.1, 0.15) is 17.8 Å². The van der Waals surface area contributed by atoms with Gasteiger partial charge in [-0.1, -0.05) is 29.4 Å². The highest BCUT2D eigenvalue weighted by Gasteiger charge is 2.47. The summed E-state index contributed by atoms with van der Waals surface area (Å²) in [5.74, 6) is 2.75. The first kappa shape index (κ1) is 15.8. The van der Waals surface area contributed by atoms with Gasteiger partial charge in [-0.05, 0) is 42.7 Å². The number of oxime groups is 1. The number of fused-ring (bicyclic) bond motifs is 2. The van der Waals surface area contributed by atoms with Gasteiger partial charge in [-0.2, -0.15) is 0 Å². The first-order chi connectivity index (χ1) is 13.3. The highest BCUT2D eigenvalue weighted by Crippen LogP contribution is 2.47. The fourth-order valence-electron chi connectivity index (χ4n) is 3.64. The highest BCUT2D eigenvalue weighted by molar-refractivity contribution is 5.81. The van der Waals surface area contributed by atoms with E-state index in [1.807, 2.05) is 36.4 Å². The molecule has 6 nitrogen and oxygen atoms in total. The minimum absolute atomic E-state index is 0.453. The molecular formula is C21H17N3O3. The van der Waals surface area contributed by atoms with E-state index in [1.54, 1.807) is 12.4 Å². The van der Waals surface area contributed by atoms with Crippen LogP contribution in [0.15, 0.2) is 72.4 Å². The summed E-state index contributed by atoms with van der Waals surface area (Å²) in [7, 11) is 0. The Morgan fingerprint density at radius 2 is 1.74 bits per heavy atom. The molecule has 0 fully saturated rings. The molecule has 1 atom stereocenters. The second-order valence-electron chi connectivity index (χ2n) is 6.66. The summed E-state index contributed by atoms with van der Waals surface area (Å²) in [5, 5.41) is 4.16. The van der Waals surface area contributed by atoms with Crippen molar-refractivity contribution in [2.24, 2.45) is 5.16 Å². The topological polar surface area (TPSA) is 65.8 Å². The summed E-state index contributed by atoms with van der Waals surface area (Å²) in [6.07, 6.45) is 7.04. The molecule has 1 aromatic heterocycles. The molecule has 1 aliphatic heterocycles. The first-order valence-electron chi connectivity index (χ1n) is 8.85. The van der Waals surface area contributed by atoms with E-state index in [9.17, 15) is 0 Å². The molecule has 1 spiro atoms. The maximum Gasteiger partial charge on any atom is 0.235 e. The van der Waals surface area contributed by atoms with Gasteiger partial charge in [0.25, 0.3) is 0 Å². The van der Waals surface area contributed by atoms with Gasteiger partial charge in [-0.25, -0.2) is 9.97 Å². The van der Waals surface area contributed by atoms with Crippen LogP contribution in [0.4, 0.5) is 0 Å². The van der Waals surface area contributed by atoms with E-state index < -0.39 is 5.60 Å². The van der Waals surface area contributed by atoms with Gasteiger partial charge in [0, 0.05) is 5.56 Å². The molecule has 0 amide bonds. The molecule has 5 rings (SSSR count). The maximum atomic E-state index is 5.95. The molecule has 6 heteroatoms. The van der Waals surface area contributed by atoms with E-state index in [1.165, 1.54) is 11.9 Å². The molecule has 0 N–H and O–H groups in total. The van der Waals surface area contributed by atoms with Gasteiger partial charge in [0.2, 0.25) is 5.90 Å². The Kier molecular flexibility index (Phi) is 3.74. The molecule has 0 bridgehead atoms. The summed E-state index contributed by atoms with van der Waals surface area (Å²) in [5.41, 5.74) is 1.92. The molecular weight excluding hydrogens is 342 g/mol. The van der Waals surface area contributed by atoms with Crippen molar-refractivity contribution in [2.45, 2.75) is 24.9 Å². The summed E-state index contributed by atoms with van der Waals surface area (Å²) in [6.45, 7) is 0. The Labute approximate surface area is 156 Å². The van der Waals surface area contributed by atoms with Gasteiger partial charge in [-0.3, -0.25) is 0 Å². The lowest BCUT2D eigenvalue weighted by molar-refractivity contribution is -0.0215. The van der Waals surface area contributed by atoms with Crippen LogP contribution >= 0.6 is 0 Å². The van der Waals surface area contributed by atoms with Crippen molar-refractivity contribution in [1.82, 2.24) is 9.97 Å². The summed E-state index contributed by atoms with van der Waals surface area (Å²) >= 11 is 0. The van der Waals surface area contributed by atoms with Crippen LogP contribution in [0.2, 0.25) is 0 Å². The minimum atomic E-state index is -0.453. The molecule has 0 saturated carbocycles. The zero-order valence-corrected chi connectivity index (χ0v) is 14.5. The van der Waals surface area contributed by atoms with Crippen LogP contribution in [0.3, 0.4) is 0 Å². The third-order valence-electron chi connectivity index (χ3n) is 4.88. The van der Waals surface area contributed by atoms with Gasteiger partial charge >= 0.3 is 0 Å². The van der Waals surface area contributed by atoms with E-state index >= 15 is 0 Å². The molecule has 0 radical (unpaired) electrons. The van der Waals surface area contributed by atoms with Crippen molar-refractivity contribution >= 4 is 5.90 Å². The summed E-state index contributed by atoms with van der Waals surface area (Å²) in [4.78, 5) is 13.8. The Balaban J connectivity index is 1.33. The minimum Gasteiger partial charge on any atom is -0.457 e. The van der Waals surface area contributed by atoms with Gasteiger partial charge in [0.05, 0.1) is 18.8 Å². The quantitative estimate of drug-likeness (QED) is 0.700. The average Bonchev–Trinajstić information content (AvgIpc) is 3.28. The molecule has 134 valence electrons. The van der Waals surface area contributed by atoms with E-state index in [2.05, 4.69) is 27.3 Å². The number of hydrogen-bond acceptors (Lipinski definition) is 6. The van der Waals surface area contributed by atoms with Crippen LogP contribution in [0.1, 0.15) is 24.0 Å². The highest BCUT2D eigenvalue weighted by atomic mass is 16.7. The van der Waals surface area contributed by atoms with Crippen LogP contribution < -0.4 is 9.47 Å². The van der Waals surface area contributed by atoms with Gasteiger partial charge < -0.3 is 14.3 Å². The molecule has 0 saturated heterocycles. The maximum absolute atomic E-state index is 5.95. The van der Waals surface area contributed by atoms with Gasteiger partial charge in [0.15, 0.2) is 11.4 Å². The van der Waals surface area contributed by atoms with Crippen molar-refractivity contribution in [3.8, 4) is 17.2 Å². The Bertz CT molecular complexity index is 992. The van der Waals surface area contributed by atoms with Crippen LogP contribution in [0, 0.1) is 0 Å². The van der Waals surface area contributed by atoms with Crippen molar-refractivity contribution in [3.63, 3.8) is 0 Å². The lowest BCUT2D eigenvalue weighted by Gasteiger charge is -2.21. The second kappa shape index (κ2) is 6.39. The lowest BCUT2D eigenvalue weighted by atomic mass is 9.92. The van der Waals surface area contributed by atoms with E-state index in [0.717, 1.165) is 29.9 Å². The monoisotopic (exact) mass is 359 g/mol. The van der Waals surface area contributed by atoms with Crippen molar-refractivity contribution in [3.05, 3.63) is 78.4 Å². The average molecular weight is 359 g/mol. The van der Waals surface area contributed by atoms with E-state index in [0.29, 0.717) is 18.1 Å². The van der Waals surface area contributed by atoms with E-state index in [-0.39, 0.29) is 0 Å². The van der Waals surface area contributed by atoms with Crippen molar-refractivity contribution in [1.29, 1.82) is 0 Å².